The van der Waals surface area contributed by atoms with Gasteiger partial charge in [0.1, 0.15) is 23.0 Å². The first-order chi connectivity index (χ1) is 16.5. The van der Waals surface area contributed by atoms with Gasteiger partial charge >= 0.3 is 0 Å². The molecule has 5 nitrogen and oxygen atoms in total. The maximum atomic E-state index is 13.2. The molecule has 0 aliphatic heterocycles. The van der Waals surface area contributed by atoms with Crippen LogP contribution in [0.1, 0.15) is 27.2 Å². The number of hydrogen-bond donors (Lipinski definition) is 2. The summed E-state index contributed by atoms with van der Waals surface area (Å²) in [5.74, 6) is -0.216. The SMILES string of the molecule is Cc1ccc(-c2ccc(C=C(NC(=O)c3ccccc3)C(=O)NCc3ccc(F)cc3)o2)cc1. The fraction of sp³-hybridized carbons (Fsp3) is 0.0714. The molecule has 0 atom stereocenters. The van der Waals surface area contributed by atoms with Crippen molar-refractivity contribution in [3.05, 3.63) is 125 Å². The molecule has 34 heavy (non-hydrogen) atoms. The van der Waals surface area contributed by atoms with Crippen LogP contribution in [-0.2, 0) is 11.3 Å². The second-order valence-corrected chi connectivity index (χ2v) is 7.76. The van der Waals surface area contributed by atoms with Crippen molar-refractivity contribution in [2.75, 3.05) is 0 Å². The average molecular weight is 455 g/mol. The molecule has 0 spiro atoms. The number of carbonyl (C=O) groups is 2. The molecule has 170 valence electrons. The Balaban J connectivity index is 1.56. The number of benzene rings is 3. The maximum Gasteiger partial charge on any atom is 0.268 e. The highest BCUT2D eigenvalue weighted by Gasteiger charge is 2.16. The van der Waals surface area contributed by atoms with E-state index in [1.807, 2.05) is 37.3 Å². The molecule has 1 heterocycles. The van der Waals surface area contributed by atoms with Crippen molar-refractivity contribution in [2.45, 2.75) is 13.5 Å². The van der Waals surface area contributed by atoms with Crippen LogP contribution in [-0.4, -0.2) is 11.8 Å². The van der Waals surface area contributed by atoms with Crippen LogP contribution < -0.4 is 10.6 Å². The van der Waals surface area contributed by atoms with Crippen molar-refractivity contribution in [1.82, 2.24) is 10.6 Å². The minimum Gasteiger partial charge on any atom is -0.457 e. The van der Waals surface area contributed by atoms with E-state index in [4.69, 9.17) is 4.42 Å². The summed E-state index contributed by atoms with van der Waals surface area (Å²) in [6.45, 7) is 2.18. The van der Waals surface area contributed by atoms with Crippen molar-refractivity contribution >= 4 is 17.9 Å². The molecule has 0 bridgehead atoms. The van der Waals surface area contributed by atoms with Gasteiger partial charge in [0.15, 0.2) is 0 Å². The van der Waals surface area contributed by atoms with Crippen LogP contribution in [0.4, 0.5) is 4.39 Å². The lowest BCUT2D eigenvalue weighted by Gasteiger charge is -2.11. The predicted octanol–water partition coefficient (Wildman–Crippen LogP) is 5.48. The van der Waals surface area contributed by atoms with Gasteiger partial charge < -0.3 is 15.1 Å². The van der Waals surface area contributed by atoms with E-state index in [2.05, 4.69) is 10.6 Å². The highest BCUT2D eigenvalue weighted by atomic mass is 19.1. The second-order valence-electron chi connectivity index (χ2n) is 7.76. The number of carbonyl (C=O) groups excluding carboxylic acids is 2. The number of rotatable bonds is 7. The summed E-state index contributed by atoms with van der Waals surface area (Å²) < 4.78 is 19.1. The van der Waals surface area contributed by atoms with E-state index in [9.17, 15) is 14.0 Å². The molecule has 0 aliphatic carbocycles. The zero-order valence-electron chi connectivity index (χ0n) is 18.5. The number of nitrogens with one attached hydrogen (secondary N) is 2. The minimum atomic E-state index is -0.498. The molecule has 4 rings (SSSR count). The molecule has 3 aromatic carbocycles. The molecule has 6 heteroatoms. The van der Waals surface area contributed by atoms with Gasteiger partial charge in [0, 0.05) is 23.7 Å². The van der Waals surface area contributed by atoms with Gasteiger partial charge in [-0.1, -0.05) is 60.2 Å². The highest BCUT2D eigenvalue weighted by molar-refractivity contribution is 6.05. The topological polar surface area (TPSA) is 71.3 Å². The molecule has 1 aromatic heterocycles. The third-order valence-corrected chi connectivity index (χ3v) is 5.14. The molecular weight excluding hydrogens is 431 g/mol. The first-order valence-electron chi connectivity index (χ1n) is 10.8. The normalized spacial score (nSPS) is 11.2. The van der Waals surface area contributed by atoms with Crippen molar-refractivity contribution in [3.8, 4) is 11.3 Å². The highest BCUT2D eigenvalue weighted by Crippen LogP contribution is 2.23. The van der Waals surface area contributed by atoms with E-state index < -0.39 is 11.8 Å². The lowest BCUT2D eigenvalue weighted by Crippen LogP contribution is -2.34. The van der Waals surface area contributed by atoms with Crippen LogP contribution in [0.3, 0.4) is 0 Å². The van der Waals surface area contributed by atoms with Crippen LogP contribution >= 0.6 is 0 Å². The van der Waals surface area contributed by atoms with E-state index in [-0.39, 0.29) is 18.1 Å². The third kappa shape index (κ3) is 5.86. The van der Waals surface area contributed by atoms with Crippen LogP contribution in [0.25, 0.3) is 17.4 Å². The third-order valence-electron chi connectivity index (χ3n) is 5.14. The van der Waals surface area contributed by atoms with Crippen LogP contribution in [0, 0.1) is 12.7 Å². The molecule has 0 saturated carbocycles. The number of aryl methyl sites for hydroxylation is 1. The zero-order chi connectivity index (χ0) is 23.9. The van der Waals surface area contributed by atoms with Gasteiger partial charge in [-0.3, -0.25) is 9.59 Å². The lowest BCUT2D eigenvalue weighted by molar-refractivity contribution is -0.117. The van der Waals surface area contributed by atoms with E-state index in [1.165, 1.54) is 18.2 Å². The van der Waals surface area contributed by atoms with Crippen molar-refractivity contribution < 1.29 is 18.4 Å². The summed E-state index contributed by atoms with van der Waals surface area (Å²) in [6, 6.07) is 25.9. The number of hydrogen-bond acceptors (Lipinski definition) is 3. The molecule has 2 N–H and O–H groups in total. The predicted molar refractivity (Wildman–Crippen MR) is 129 cm³/mol. The molecule has 2 amide bonds. The molecule has 0 aliphatic rings. The van der Waals surface area contributed by atoms with Gasteiger partial charge in [0.05, 0.1) is 0 Å². The zero-order valence-corrected chi connectivity index (χ0v) is 18.5. The van der Waals surface area contributed by atoms with Gasteiger partial charge in [0.25, 0.3) is 11.8 Å². The van der Waals surface area contributed by atoms with Crippen LogP contribution in [0.15, 0.2) is 101 Å². The quantitative estimate of drug-likeness (QED) is 0.363. The van der Waals surface area contributed by atoms with Crippen LogP contribution in [0.5, 0.6) is 0 Å². The van der Waals surface area contributed by atoms with Gasteiger partial charge in [-0.2, -0.15) is 0 Å². The summed E-state index contributed by atoms with van der Waals surface area (Å²) in [5.41, 5.74) is 3.21. The van der Waals surface area contributed by atoms with Gasteiger partial charge in [0.2, 0.25) is 0 Å². The number of furan rings is 1. The van der Waals surface area contributed by atoms with Gasteiger partial charge in [-0.15, -0.1) is 0 Å². The Bertz CT molecular complexity index is 1310. The number of halogens is 1. The maximum absolute atomic E-state index is 13.2. The Kier molecular flexibility index (Phi) is 6.98. The van der Waals surface area contributed by atoms with Crippen LogP contribution in [0.2, 0.25) is 0 Å². The van der Waals surface area contributed by atoms with Gasteiger partial charge in [-0.25, -0.2) is 4.39 Å². The molecule has 0 saturated heterocycles. The van der Waals surface area contributed by atoms with E-state index in [0.717, 1.165) is 16.7 Å². The second kappa shape index (κ2) is 10.4. The minimum absolute atomic E-state index is 0.0285. The first kappa shape index (κ1) is 22.7. The fourth-order valence-electron chi connectivity index (χ4n) is 3.27. The summed E-state index contributed by atoms with van der Waals surface area (Å²) >= 11 is 0. The summed E-state index contributed by atoms with van der Waals surface area (Å²) in [6.07, 6.45) is 1.48. The molecule has 4 aromatic rings. The average Bonchev–Trinajstić information content (AvgIpc) is 3.32. The standard InChI is InChI=1S/C28H23FN2O3/c1-19-7-11-21(12-8-19)26-16-15-24(34-26)17-25(31-27(32)22-5-3-2-4-6-22)28(33)30-18-20-9-13-23(29)14-10-20/h2-17H,18H2,1H3,(H,30,33)(H,31,32). The van der Waals surface area contributed by atoms with Crippen molar-refractivity contribution in [3.63, 3.8) is 0 Å². The van der Waals surface area contributed by atoms with Crippen molar-refractivity contribution in [1.29, 1.82) is 0 Å². The summed E-state index contributed by atoms with van der Waals surface area (Å²) in [4.78, 5) is 25.7. The summed E-state index contributed by atoms with van der Waals surface area (Å²) in [5, 5.41) is 5.43. The fourth-order valence-corrected chi connectivity index (χ4v) is 3.27. The largest absolute Gasteiger partial charge is 0.457 e. The Labute approximate surface area is 196 Å². The Morgan fingerprint density at radius 1 is 0.882 bits per heavy atom. The molecule has 0 unspecified atom stereocenters. The lowest BCUT2D eigenvalue weighted by atomic mass is 10.1. The number of amides is 2. The van der Waals surface area contributed by atoms with E-state index >= 15 is 0 Å². The van der Waals surface area contributed by atoms with E-state index in [1.54, 1.807) is 48.5 Å². The first-order valence-corrected chi connectivity index (χ1v) is 10.8. The summed E-state index contributed by atoms with van der Waals surface area (Å²) in [7, 11) is 0. The van der Waals surface area contributed by atoms with Crippen molar-refractivity contribution in [2.24, 2.45) is 0 Å². The Hall–Kier alpha value is -4.45. The smallest absolute Gasteiger partial charge is 0.268 e. The molecule has 0 radical (unpaired) electrons. The van der Waals surface area contributed by atoms with E-state index in [0.29, 0.717) is 17.1 Å². The Morgan fingerprint density at radius 3 is 2.29 bits per heavy atom. The van der Waals surface area contributed by atoms with Gasteiger partial charge in [-0.05, 0) is 48.9 Å². The Morgan fingerprint density at radius 2 is 1.59 bits per heavy atom. The molecular formula is C28H23FN2O3. The molecule has 0 fully saturated rings. The monoisotopic (exact) mass is 454 g/mol.